The van der Waals surface area contributed by atoms with E-state index in [9.17, 15) is 0 Å². The lowest BCUT2D eigenvalue weighted by Gasteiger charge is -2.29. The van der Waals surface area contributed by atoms with E-state index in [0.717, 1.165) is 22.7 Å². The Morgan fingerprint density at radius 2 is 2.10 bits per heavy atom. The average molecular weight is 342 g/mol. The Labute approximate surface area is 129 Å². The Morgan fingerprint density at radius 1 is 1.35 bits per heavy atom. The molecule has 1 aliphatic carbocycles. The van der Waals surface area contributed by atoms with Crippen molar-refractivity contribution >= 4 is 21.7 Å². The Morgan fingerprint density at radius 3 is 2.75 bits per heavy atom. The van der Waals surface area contributed by atoms with Crippen LogP contribution in [0, 0.1) is 5.92 Å². The first-order valence-electron chi connectivity index (χ1n) is 7.64. The maximum Gasteiger partial charge on any atom is 0.159 e. The molecule has 0 spiro atoms. The highest BCUT2D eigenvalue weighted by molar-refractivity contribution is 9.10. The number of ether oxygens (including phenoxy) is 1. The molecule has 1 heterocycles. The molecule has 1 aromatic heterocycles. The maximum atomic E-state index is 5.97. The summed E-state index contributed by atoms with van der Waals surface area (Å²) < 4.78 is 6.88. The number of nitrogens with zero attached hydrogens (tertiary/aromatic N) is 2. The van der Waals surface area contributed by atoms with Crippen LogP contribution in [0.25, 0.3) is 0 Å². The van der Waals surface area contributed by atoms with Crippen LogP contribution in [0.5, 0.6) is 0 Å². The molecule has 1 unspecified atom stereocenters. The summed E-state index contributed by atoms with van der Waals surface area (Å²) in [5.41, 5.74) is 0. The van der Waals surface area contributed by atoms with Gasteiger partial charge in [-0.05, 0) is 48.5 Å². The van der Waals surface area contributed by atoms with Gasteiger partial charge in [-0.1, -0.05) is 19.3 Å². The van der Waals surface area contributed by atoms with Crippen molar-refractivity contribution in [2.75, 3.05) is 18.5 Å². The molecule has 1 aliphatic rings. The highest BCUT2D eigenvalue weighted by Gasteiger charge is 2.28. The fraction of sp³-hybridized carbons (Fsp3) is 0.733. The van der Waals surface area contributed by atoms with Crippen molar-refractivity contribution in [3.05, 3.63) is 16.5 Å². The fourth-order valence-electron chi connectivity index (χ4n) is 2.85. The zero-order valence-corrected chi connectivity index (χ0v) is 13.9. The van der Waals surface area contributed by atoms with Crippen molar-refractivity contribution in [2.24, 2.45) is 5.92 Å². The highest BCUT2D eigenvalue weighted by Crippen LogP contribution is 2.36. The molecule has 20 heavy (non-hydrogen) atoms. The molecule has 1 N–H and O–H groups in total. The highest BCUT2D eigenvalue weighted by atomic mass is 79.9. The summed E-state index contributed by atoms with van der Waals surface area (Å²) in [6, 6.07) is 0. The number of anilines is 1. The second-order valence-corrected chi connectivity index (χ2v) is 6.08. The molecule has 0 bridgehead atoms. The summed E-state index contributed by atoms with van der Waals surface area (Å²) in [7, 11) is 0. The van der Waals surface area contributed by atoms with Gasteiger partial charge in [0.25, 0.3) is 0 Å². The third kappa shape index (κ3) is 3.92. The summed E-state index contributed by atoms with van der Waals surface area (Å²) in [4.78, 5) is 9.15. The standard InChI is InChI=1S/C15H24BrN3O/c1-3-17-14-12(16)10-18-15(19-14)13(20-4-2)11-8-6-5-7-9-11/h10-11,13H,3-9H2,1-2H3,(H,17,18,19). The van der Waals surface area contributed by atoms with Crippen LogP contribution in [-0.2, 0) is 4.74 Å². The first-order chi connectivity index (χ1) is 9.76. The lowest BCUT2D eigenvalue weighted by molar-refractivity contribution is -0.000124. The van der Waals surface area contributed by atoms with Gasteiger partial charge < -0.3 is 10.1 Å². The molecule has 0 saturated heterocycles. The minimum absolute atomic E-state index is 0.0332. The van der Waals surface area contributed by atoms with E-state index in [1.54, 1.807) is 0 Å². The number of aromatic nitrogens is 2. The molecule has 1 aromatic rings. The SMILES string of the molecule is CCNc1nc(C(OCC)C2CCCCC2)ncc1Br. The van der Waals surface area contributed by atoms with Crippen molar-refractivity contribution in [3.63, 3.8) is 0 Å². The summed E-state index contributed by atoms with van der Waals surface area (Å²) >= 11 is 3.49. The van der Waals surface area contributed by atoms with Gasteiger partial charge in [0.05, 0.1) is 4.47 Å². The molecule has 4 nitrogen and oxygen atoms in total. The quantitative estimate of drug-likeness (QED) is 0.836. The van der Waals surface area contributed by atoms with Gasteiger partial charge in [-0.2, -0.15) is 0 Å². The van der Waals surface area contributed by atoms with E-state index in [0.29, 0.717) is 12.5 Å². The molecule has 1 saturated carbocycles. The molecule has 0 radical (unpaired) electrons. The van der Waals surface area contributed by atoms with Crippen molar-refractivity contribution in [3.8, 4) is 0 Å². The molecule has 2 rings (SSSR count). The van der Waals surface area contributed by atoms with Gasteiger partial charge in [-0.15, -0.1) is 0 Å². The summed E-state index contributed by atoms with van der Waals surface area (Å²) in [6.45, 7) is 5.66. The van der Waals surface area contributed by atoms with Gasteiger partial charge in [-0.25, -0.2) is 9.97 Å². The van der Waals surface area contributed by atoms with E-state index >= 15 is 0 Å². The number of rotatable bonds is 6. The van der Waals surface area contributed by atoms with Crippen molar-refractivity contribution in [1.82, 2.24) is 9.97 Å². The minimum atomic E-state index is 0.0332. The minimum Gasteiger partial charge on any atom is -0.370 e. The molecule has 1 fully saturated rings. The molecular weight excluding hydrogens is 318 g/mol. The van der Waals surface area contributed by atoms with Gasteiger partial charge >= 0.3 is 0 Å². The Kier molecular flexibility index (Phi) is 6.23. The third-order valence-corrected chi connectivity index (χ3v) is 4.37. The molecule has 112 valence electrons. The average Bonchev–Trinajstić information content (AvgIpc) is 2.48. The summed E-state index contributed by atoms with van der Waals surface area (Å²) in [5, 5.41) is 3.26. The van der Waals surface area contributed by atoms with E-state index in [1.165, 1.54) is 32.1 Å². The lowest BCUT2D eigenvalue weighted by Crippen LogP contribution is -2.21. The Balaban J connectivity index is 2.21. The zero-order valence-electron chi connectivity index (χ0n) is 12.4. The first kappa shape index (κ1) is 15.7. The Hall–Kier alpha value is -0.680. The van der Waals surface area contributed by atoms with E-state index in [1.807, 2.05) is 13.1 Å². The van der Waals surface area contributed by atoms with E-state index in [2.05, 4.69) is 38.1 Å². The van der Waals surface area contributed by atoms with E-state index < -0.39 is 0 Å². The monoisotopic (exact) mass is 341 g/mol. The van der Waals surface area contributed by atoms with Crippen LogP contribution < -0.4 is 5.32 Å². The summed E-state index contributed by atoms with van der Waals surface area (Å²) in [5.74, 6) is 2.23. The second-order valence-electron chi connectivity index (χ2n) is 5.23. The lowest BCUT2D eigenvalue weighted by atomic mass is 9.85. The number of halogens is 1. The normalized spacial score (nSPS) is 17.9. The third-order valence-electron chi connectivity index (χ3n) is 3.79. The van der Waals surface area contributed by atoms with Crippen molar-refractivity contribution < 1.29 is 4.74 Å². The van der Waals surface area contributed by atoms with Gasteiger partial charge in [-0.3, -0.25) is 0 Å². The largest absolute Gasteiger partial charge is 0.370 e. The molecule has 1 atom stereocenters. The fourth-order valence-corrected chi connectivity index (χ4v) is 3.18. The van der Waals surface area contributed by atoms with Crippen LogP contribution in [0.3, 0.4) is 0 Å². The van der Waals surface area contributed by atoms with Gasteiger partial charge in [0.1, 0.15) is 11.9 Å². The second kappa shape index (κ2) is 7.93. The van der Waals surface area contributed by atoms with Gasteiger partial charge in [0.2, 0.25) is 0 Å². The van der Waals surface area contributed by atoms with Crippen molar-refractivity contribution in [1.29, 1.82) is 0 Å². The maximum absolute atomic E-state index is 5.97. The molecule has 0 amide bonds. The zero-order chi connectivity index (χ0) is 14.4. The van der Waals surface area contributed by atoms with Crippen LogP contribution in [-0.4, -0.2) is 23.1 Å². The van der Waals surface area contributed by atoms with Crippen LogP contribution in [0.15, 0.2) is 10.7 Å². The van der Waals surface area contributed by atoms with E-state index in [-0.39, 0.29) is 6.10 Å². The number of nitrogens with one attached hydrogen (secondary N) is 1. The smallest absolute Gasteiger partial charge is 0.159 e. The predicted molar refractivity (Wildman–Crippen MR) is 84.8 cm³/mol. The predicted octanol–water partition coefficient (Wildman–Crippen LogP) is 4.33. The Bertz CT molecular complexity index is 422. The topological polar surface area (TPSA) is 47.0 Å². The van der Waals surface area contributed by atoms with Gasteiger partial charge in [0, 0.05) is 19.3 Å². The molecule has 0 aromatic carbocycles. The van der Waals surface area contributed by atoms with Crippen LogP contribution in [0.2, 0.25) is 0 Å². The molecule has 5 heteroatoms. The van der Waals surface area contributed by atoms with Crippen molar-refractivity contribution in [2.45, 2.75) is 52.1 Å². The van der Waals surface area contributed by atoms with Crippen LogP contribution in [0.4, 0.5) is 5.82 Å². The van der Waals surface area contributed by atoms with E-state index in [4.69, 9.17) is 4.74 Å². The van der Waals surface area contributed by atoms with Gasteiger partial charge in [0.15, 0.2) is 5.82 Å². The first-order valence-corrected chi connectivity index (χ1v) is 8.43. The molecular formula is C15H24BrN3O. The number of hydrogen-bond donors (Lipinski definition) is 1. The van der Waals surface area contributed by atoms with Crippen LogP contribution in [0.1, 0.15) is 57.9 Å². The van der Waals surface area contributed by atoms with Crippen LogP contribution >= 0.6 is 15.9 Å². The molecule has 0 aliphatic heterocycles. The summed E-state index contributed by atoms with van der Waals surface area (Å²) in [6.07, 6.45) is 8.25. The number of hydrogen-bond acceptors (Lipinski definition) is 4.